The summed E-state index contributed by atoms with van der Waals surface area (Å²) < 4.78 is 18.6. The molecule has 2 aromatic rings. The lowest BCUT2D eigenvalue weighted by atomic mass is 10.1. The van der Waals surface area contributed by atoms with Crippen LogP contribution < -0.4 is 15.4 Å². The summed E-state index contributed by atoms with van der Waals surface area (Å²) in [5, 5.41) is 15.4. The average molecular weight is 339 g/mol. The molecule has 0 aromatic heterocycles. The number of aliphatic hydroxyl groups excluding tert-OH is 1. The van der Waals surface area contributed by atoms with E-state index in [0.29, 0.717) is 16.5 Å². The van der Waals surface area contributed by atoms with Crippen molar-refractivity contribution in [3.8, 4) is 5.75 Å². The number of rotatable bonds is 5. The van der Waals surface area contributed by atoms with Gasteiger partial charge in [0.25, 0.3) is 0 Å². The lowest BCUT2D eigenvalue weighted by Crippen LogP contribution is -2.32. The van der Waals surface area contributed by atoms with Gasteiger partial charge >= 0.3 is 6.03 Å². The molecule has 1 atom stereocenters. The van der Waals surface area contributed by atoms with Crippen LogP contribution in [0.5, 0.6) is 5.75 Å². The highest BCUT2D eigenvalue weighted by molar-refractivity contribution is 6.31. The molecule has 0 aliphatic heterocycles. The normalized spacial score (nSPS) is 11.7. The number of benzene rings is 2. The van der Waals surface area contributed by atoms with Crippen molar-refractivity contribution < 1.29 is 19.0 Å². The van der Waals surface area contributed by atoms with Gasteiger partial charge in [-0.25, -0.2) is 9.18 Å². The van der Waals surface area contributed by atoms with E-state index in [1.165, 1.54) is 31.4 Å². The summed E-state index contributed by atoms with van der Waals surface area (Å²) in [6.45, 7) is -0.143. The van der Waals surface area contributed by atoms with Gasteiger partial charge in [-0.2, -0.15) is 0 Å². The van der Waals surface area contributed by atoms with Crippen LogP contribution in [-0.4, -0.2) is 24.8 Å². The van der Waals surface area contributed by atoms with E-state index in [-0.39, 0.29) is 12.1 Å². The maximum Gasteiger partial charge on any atom is 0.319 e. The van der Waals surface area contributed by atoms with E-state index in [1.54, 1.807) is 18.2 Å². The fourth-order valence-electron chi connectivity index (χ4n) is 1.99. The molecule has 2 aromatic carbocycles. The van der Waals surface area contributed by atoms with E-state index >= 15 is 0 Å². The second-order valence-electron chi connectivity index (χ2n) is 4.72. The molecule has 122 valence electrons. The van der Waals surface area contributed by atoms with Crippen molar-refractivity contribution in [3.05, 3.63) is 58.9 Å². The molecule has 5 nitrogen and oxygen atoms in total. The van der Waals surface area contributed by atoms with E-state index in [4.69, 9.17) is 16.3 Å². The van der Waals surface area contributed by atoms with Gasteiger partial charge in [0.2, 0.25) is 0 Å². The molecule has 0 aliphatic rings. The van der Waals surface area contributed by atoms with Gasteiger partial charge < -0.3 is 20.5 Å². The largest absolute Gasteiger partial charge is 0.495 e. The Kier molecular flexibility index (Phi) is 5.78. The summed E-state index contributed by atoms with van der Waals surface area (Å²) in [6, 6.07) is 10.1. The van der Waals surface area contributed by atoms with E-state index in [2.05, 4.69) is 10.6 Å². The van der Waals surface area contributed by atoms with Gasteiger partial charge in [0, 0.05) is 17.1 Å². The quantitative estimate of drug-likeness (QED) is 0.783. The molecule has 0 saturated carbocycles. The van der Waals surface area contributed by atoms with Crippen molar-refractivity contribution in [1.82, 2.24) is 5.32 Å². The van der Waals surface area contributed by atoms with E-state index in [0.717, 1.165) is 0 Å². The first-order valence-corrected chi connectivity index (χ1v) is 7.20. The summed E-state index contributed by atoms with van der Waals surface area (Å²) in [7, 11) is 1.47. The summed E-state index contributed by atoms with van der Waals surface area (Å²) in [5.74, 6) is -0.0853. The Morgan fingerprint density at radius 3 is 2.78 bits per heavy atom. The maximum atomic E-state index is 13.5. The minimum absolute atomic E-state index is 0.119. The van der Waals surface area contributed by atoms with Gasteiger partial charge in [-0.15, -0.1) is 0 Å². The van der Waals surface area contributed by atoms with Crippen LogP contribution in [0.1, 0.15) is 11.7 Å². The molecular formula is C16H16ClFN2O3. The highest BCUT2D eigenvalue weighted by atomic mass is 35.5. The number of methoxy groups -OCH3 is 1. The number of urea groups is 1. The van der Waals surface area contributed by atoms with Crippen LogP contribution in [0, 0.1) is 5.82 Å². The van der Waals surface area contributed by atoms with E-state index < -0.39 is 18.0 Å². The van der Waals surface area contributed by atoms with Crippen LogP contribution in [0.2, 0.25) is 5.02 Å². The summed E-state index contributed by atoms with van der Waals surface area (Å²) >= 11 is 5.87. The molecule has 0 heterocycles. The van der Waals surface area contributed by atoms with Gasteiger partial charge in [-0.1, -0.05) is 29.8 Å². The Morgan fingerprint density at radius 1 is 1.35 bits per heavy atom. The van der Waals surface area contributed by atoms with Crippen molar-refractivity contribution in [2.45, 2.75) is 6.10 Å². The second-order valence-corrected chi connectivity index (χ2v) is 5.15. The number of amides is 2. The number of ether oxygens (including phenoxy) is 1. The molecule has 0 fully saturated rings. The first-order chi connectivity index (χ1) is 11.0. The highest BCUT2D eigenvalue weighted by Crippen LogP contribution is 2.27. The highest BCUT2D eigenvalue weighted by Gasteiger charge is 2.14. The predicted molar refractivity (Wildman–Crippen MR) is 86.4 cm³/mol. The van der Waals surface area contributed by atoms with Crippen molar-refractivity contribution in [1.29, 1.82) is 0 Å². The summed E-state index contributed by atoms with van der Waals surface area (Å²) in [4.78, 5) is 11.9. The molecular weight excluding hydrogens is 323 g/mol. The van der Waals surface area contributed by atoms with Crippen LogP contribution in [0.4, 0.5) is 14.9 Å². The number of aliphatic hydroxyl groups is 1. The topological polar surface area (TPSA) is 70.6 Å². The zero-order chi connectivity index (χ0) is 16.8. The van der Waals surface area contributed by atoms with Gasteiger partial charge in [0.05, 0.1) is 18.9 Å². The molecule has 0 saturated heterocycles. The number of halogens is 2. The minimum Gasteiger partial charge on any atom is -0.495 e. The Hall–Kier alpha value is -2.31. The number of anilines is 1. The third-order valence-electron chi connectivity index (χ3n) is 3.13. The lowest BCUT2D eigenvalue weighted by Gasteiger charge is -2.15. The zero-order valence-corrected chi connectivity index (χ0v) is 13.1. The number of hydrogen-bond acceptors (Lipinski definition) is 3. The summed E-state index contributed by atoms with van der Waals surface area (Å²) in [5.41, 5.74) is 0.506. The molecule has 0 radical (unpaired) electrons. The van der Waals surface area contributed by atoms with Crippen molar-refractivity contribution in [2.75, 3.05) is 19.0 Å². The fraction of sp³-hybridized carbons (Fsp3) is 0.188. The van der Waals surface area contributed by atoms with Crippen molar-refractivity contribution >= 4 is 23.3 Å². The van der Waals surface area contributed by atoms with E-state index in [9.17, 15) is 14.3 Å². The van der Waals surface area contributed by atoms with Crippen molar-refractivity contribution in [3.63, 3.8) is 0 Å². The van der Waals surface area contributed by atoms with Crippen LogP contribution in [0.25, 0.3) is 0 Å². The first kappa shape index (κ1) is 17.1. The van der Waals surface area contributed by atoms with Crippen LogP contribution >= 0.6 is 11.6 Å². The number of nitrogens with one attached hydrogen (secondary N) is 2. The molecule has 0 spiro atoms. The predicted octanol–water partition coefficient (Wildman–Crippen LogP) is 3.34. The Labute approximate surface area is 138 Å². The Morgan fingerprint density at radius 2 is 2.09 bits per heavy atom. The third-order valence-corrected chi connectivity index (χ3v) is 3.37. The van der Waals surface area contributed by atoms with Gasteiger partial charge in [0.15, 0.2) is 0 Å². The third kappa shape index (κ3) is 4.58. The number of carbonyl (C=O) groups is 1. The molecule has 2 amide bonds. The summed E-state index contributed by atoms with van der Waals surface area (Å²) in [6.07, 6.45) is -1.15. The van der Waals surface area contributed by atoms with Gasteiger partial charge in [-0.3, -0.25) is 0 Å². The molecule has 0 bridgehead atoms. The van der Waals surface area contributed by atoms with Crippen molar-refractivity contribution in [2.24, 2.45) is 0 Å². The minimum atomic E-state index is -1.15. The number of carbonyl (C=O) groups excluding carboxylic acids is 1. The van der Waals surface area contributed by atoms with Gasteiger partial charge in [-0.05, 0) is 24.3 Å². The second kappa shape index (κ2) is 7.80. The number of hydrogen-bond donors (Lipinski definition) is 3. The molecule has 23 heavy (non-hydrogen) atoms. The van der Waals surface area contributed by atoms with Crippen LogP contribution in [-0.2, 0) is 0 Å². The molecule has 2 rings (SSSR count). The van der Waals surface area contributed by atoms with Crippen LogP contribution in [0.3, 0.4) is 0 Å². The Balaban J connectivity index is 1.95. The van der Waals surface area contributed by atoms with Gasteiger partial charge in [0.1, 0.15) is 11.6 Å². The molecule has 0 aliphatic carbocycles. The van der Waals surface area contributed by atoms with E-state index in [1.807, 2.05) is 0 Å². The lowest BCUT2D eigenvalue weighted by molar-refractivity contribution is 0.170. The smallest absolute Gasteiger partial charge is 0.319 e. The zero-order valence-electron chi connectivity index (χ0n) is 12.3. The SMILES string of the molecule is COc1ccc(Cl)cc1NC(=O)NC[C@H](O)c1ccccc1F. The fourth-order valence-corrected chi connectivity index (χ4v) is 2.16. The molecule has 0 unspecified atom stereocenters. The average Bonchev–Trinajstić information content (AvgIpc) is 2.53. The standard InChI is InChI=1S/C16H16ClFN2O3/c1-23-15-7-6-10(17)8-13(15)20-16(22)19-9-14(21)11-4-2-3-5-12(11)18/h2-8,14,21H,9H2,1H3,(H2,19,20,22)/t14-/m0/s1. The molecule has 3 N–H and O–H groups in total. The molecule has 7 heteroatoms. The Bertz CT molecular complexity index is 697. The first-order valence-electron chi connectivity index (χ1n) is 6.82. The van der Waals surface area contributed by atoms with Crippen LogP contribution in [0.15, 0.2) is 42.5 Å². The maximum absolute atomic E-state index is 13.5. The monoisotopic (exact) mass is 338 g/mol.